The van der Waals surface area contributed by atoms with Gasteiger partial charge >= 0.3 is 0 Å². The van der Waals surface area contributed by atoms with E-state index in [1.165, 1.54) is 0 Å². The monoisotopic (exact) mass is 782 g/mol. The van der Waals surface area contributed by atoms with Crippen molar-refractivity contribution in [2.75, 3.05) is 6.54 Å². The van der Waals surface area contributed by atoms with E-state index < -0.39 is 50.4 Å². The second-order valence-corrected chi connectivity index (χ2v) is 21.8. The zero-order valence-corrected chi connectivity index (χ0v) is 34.6. The summed E-state index contributed by atoms with van der Waals surface area (Å²) in [6.45, 7) is 12.9. The first kappa shape index (κ1) is 40.9. The number of nitrogens with zero attached hydrogens (tertiary/aromatic N) is 1. The van der Waals surface area contributed by atoms with Crippen molar-refractivity contribution in [1.82, 2.24) is 30.8 Å². The highest BCUT2D eigenvalue weighted by atomic mass is 28.4. The average Bonchev–Trinajstić information content (AvgIpc) is 3.91. The van der Waals surface area contributed by atoms with Gasteiger partial charge in [0.25, 0.3) is 0 Å². The van der Waals surface area contributed by atoms with E-state index in [4.69, 9.17) is 4.43 Å². The molecule has 2 aromatic carbocycles. The number of carbonyl (C=O) groups excluding carboxylic acids is 5. The van der Waals surface area contributed by atoms with Gasteiger partial charge in [-0.2, -0.15) is 0 Å². The minimum absolute atomic E-state index is 0.00226. The highest BCUT2D eigenvalue weighted by Crippen LogP contribution is 2.37. The third-order valence-electron chi connectivity index (χ3n) is 12.1. The Hall–Kier alpha value is -4.75. The summed E-state index contributed by atoms with van der Waals surface area (Å²) in [4.78, 5) is 78.0. The Labute approximate surface area is 330 Å². The molecule has 13 heteroatoms. The second kappa shape index (κ2) is 17.2. The molecule has 2 aliphatic heterocycles. The number of carbonyl (C=O) groups is 5. The molecule has 2 fully saturated rings. The molecule has 0 unspecified atom stereocenters. The maximum Gasteiger partial charge on any atom is 0.246 e. The first-order chi connectivity index (χ1) is 26.6. The summed E-state index contributed by atoms with van der Waals surface area (Å²) in [5, 5.41) is 10.8. The molecule has 5 atom stereocenters. The van der Waals surface area contributed by atoms with Crippen molar-refractivity contribution in [3.8, 4) is 0 Å². The van der Waals surface area contributed by atoms with E-state index in [-0.39, 0.29) is 35.5 Å². The first-order valence-corrected chi connectivity index (χ1v) is 23.1. The van der Waals surface area contributed by atoms with Crippen LogP contribution in [0.15, 0.2) is 60.9 Å². The number of para-hydroxylation sites is 2. The van der Waals surface area contributed by atoms with Gasteiger partial charge in [0.15, 0.2) is 14.1 Å². The number of Topliss-reactive ketones (excluding diaryl/α,β-unsaturated/α-hetero) is 1. The lowest BCUT2D eigenvalue weighted by Crippen LogP contribution is -2.61. The predicted molar refractivity (Wildman–Crippen MR) is 220 cm³/mol. The topological polar surface area (TPSA) is 165 Å². The molecule has 12 nitrogen and oxygen atoms in total. The van der Waals surface area contributed by atoms with Crippen LogP contribution in [0.25, 0.3) is 21.8 Å². The van der Waals surface area contributed by atoms with Gasteiger partial charge in [0.2, 0.25) is 23.6 Å². The molecule has 0 radical (unpaired) electrons. The minimum atomic E-state index is -2.09. The Bertz CT molecular complexity index is 2070. The number of H-pyrrole nitrogens is 2. The number of hydrogen-bond acceptors (Lipinski definition) is 6. The zero-order valence-electron chi connectivity index (χ0n) is 33.6. The van der Waals surface area contributed by atoms with Crippen molar-refractivity contribution in [1.29, 1.82) is 0 Å². The van der Waals surface area contributed by atoms with Gasteiger partial charge in [0, 0.05) is 60.0 Å². The summed E-state index contributed by atoms with van der Waals surface area (Å²) >= 11 is 0. The van der Waals surface area contributed by atoms with Crippen molar-refractivity contribution in [3.63, 3.8) is 0 Å². The molecular formula is C43H58N6O6Si. The fourth-order valence-electron chi connectivity index (χ4n) is 7.75. The van der Waals surface area contributed by atoms with Gasteiger partial charge < -0.3 is 35.2 Å². The van der Waals surface area contributed by atoms with Crippen LogP contribution in [0.4, 0.5) is 0 Å². The standard InChI is InChI=1S/C43H58N6O6Si/c1-27(55-56(5,6)43(2,3)4)38(50)21-9-7-8-19-34-39(51)47-35(23-28-25-44-32-17-12-10-15-30(28)32)40(52)48-36(24-29-26-45-33-18-13-11-16-31(29)33)42(54)49-22-14-20-37(49)41(53)46-34/h10-13,15-18,25-27,34-37,44-45H,7-9,14,19-24H2,1-6H3,(H,46,53)(H,47,51)(H,48,52)/t27-,34+,35+,36+,37-/m1/s1. The van der Waals surface area contributed by atoms with E-state index in [0.717, 1.165) is 32.9 Å². The Morgan fingerprint density at radius 3 is 1.96 bits per heavy atom. The molecule has 56 heavy (non-hydrogen) atoms. The number of fused-ring (bicyclic) bond motifs is 3. The molecule has 2 saturated heterocycles. The Morgan fingerprint density at radius 2 is 1.34 bits per heavy atom. The molecule has 0 saturated carbocycles. The first-order valence-electron chi connectivity index (χ1n) is 20.1. The van der Waals surface area contributed by atoms with Crippen LogP contribution >= 0.6 is 0 Å². The van der Waals surface area contributed by atoms with Crippen LogP contribution in [0.3, 0.4) is 0 Å². The fourth-order valence-corrected chi connectivity index (χ4v) is 9.12. The maximum atomic E-state index is 14.4. The largest absolute Gasteiger partial charge is 0.407 e. The number of benzene rings is 2. The normalized spacial score (nSPS) is 21.9. The lowest BCUT2D eigenvalue weighted by Gasteiger charge is -2.38. The van der Waals surface area contributed by atoms with E-state index in [1.807, 2.05) is 67.8 Å². The van der Waals surface area contributed by atoms with Crippen LogP contribution in [0.1, 0.15) is 83.8 Å². The van der Waals surface area contributed by atoms with Crippen molar-refractivity contribution in [3.05, 3.63) is 72.1 Å². The number of nitrogens with one attached hydrogen (secondary N) is 5. The second-order valence-electron chi connectivity index (χ2n) is 17.1. The van der Waals surface area contributed by atoms with Gasteiger partial charge in [-0.05, 0) is 74.0 Å². The van der Waals surface area contributed by atoms with Gasteiger partial charge in [-0.15, -0.1) is 0 Å². The van der Waals surface area contributed by atoms with E-state index >= 15 is 0 Å². The highest BCUT2D eigenvalue weighted by molar-refractivity contribution is 6.74. The molecule has 5 N–H and O–H groups in total. The Kier molecular flexibility index (Phi) is 12.5. The molecule has 0 bridgehead atoms. The summed E-state index contributed by atoms with van der Waals surface area (Å²) in [5.74, 6) is -1.58. The number of aromatic nitrogens is 2. The maximum absolute atomic E-state index is 14.4. The van der Waals surface area contributed by atoms with E-state index in [0.29, 0.717) is 51.5 Å². The van der Waals surface area contributed by atoms with E-state index in [9.17, 15) is 24.0 Å². The molecule has 0 aliphatic carbocycles. The van der Waals surface area contributed by atoms with Crippen LogP contribution in [0.2, 0.25) is 18.1 Å². The summed E-state index contributed by atoms with van der Waals surface area (Å²) in [5.41, 5.74) is 3.52. The van der Waals surface area contributed by atoms with Gasteiger partial charge in [-0.25, -0.2) is 0 Å². The lowest BCUT2D eigenvalue weighted by molar-refractivity contribution is -0.143. The molecule has 4 aromatic rings. The molecule has 0 spiro atoms. The van der Waals surface area contributed by atoms with Crippen LogP contribution in [0.5, 0.6) is 0 Å². The van der Waals surface area contributed by atoms with Crippen molar-refractivity contribution in [2.45, 2.75) is 134 Å². The molecule has 300 valence electrons. The van der Waals surface area contributed by atoms with Crippen molar-refractivity contribution >= 4 is 59.5 Å². The minimum Gasteiger partial charge on any atom is -0.407 e. The Morgan fingerprint density at radius 1 is 0.786 bits per heavy atom. The third-order valence-corrected chi connectivity index (χ3v) is 16.6. The van der Waals surface area contributed by atoms with Crippen LogP contribution in [-0.2, 0) is 41.2 Å². The molecule has 2 aromatic heterocycles. The smallest absolute Gasteiger partial charge is 0.246 e. The summed E-state index contributed by atoms with van der Waals surface area (Å²) < 4.78 is 6.31. The van der Waals surface area contributed by atoms with Gasteiger partial charge in [0.1, 0.15) is 30.3 Å². The van der Waals surface area contributed by atoms with E-state index in [2.05, 4.69) is 59.8 Å². The number of aromatic amines is 2. The Balaban J connectivity index is 1.20. The molecule has 6 rings (SSSR count). The molecular weight excluding hydrogens is 725 g/mol. The predicted octanol–water partition coefficient (Wildman–Crippen LogP) is 5.82. The van der Waals surface area contributed by atoms with Crippen LogP contribution in [0, 0.1) is 0 Å². The number of unbranched alkanes of at least 4 members (excludes halogenated alkanes) is 2. The summed E-state index contributed by atoms with van der Waals surface area (Å²) in [7, 11) is -2.09. The van der Waals surface area contributed by atoms with Gasteiger partial charge in [-0.3, -0.25) is 24.0 Å². The van der Waals surface area contributed by atoms with E-state index in [1.54, 1.807) is 4.90 Å². The third kappa shape index (κ3) is 9.26. The van der Waals surface area contributed by atoms with Crippen LogP contribution < -0.4 is 16.0 Å². The number of hydrogen-bond donors (Lipinski definition) is 5. The van der Waals surface area contributed by atoms with Crippen molar-refractivity contribution < 1.29 is 28.4 Å². The fraction of sp³-hybridized carbons (Fsp3) is 0.512. The van der Waals surface area contributed by atoms with Crippen molar-refractivity contribution in [2.24, 2.45) is 0 Å². The van der Waals surface area contributed by atoms with Gasteiger partial charge in [-0.1, -0.05) is 70.0 Å². The number of amides is 4. The van der Waals surface area contributed by atoms with Crippen LogP contribution in [-0.4, -0.2) is 89.4 Å². The number of rotatable bonds is 13. The summed E-state index contributed by atoms with van der Waals surface area (Å²) in [6.07, 6.45) is 7.21. The summed E-state index contributed by atoms with van der Waals surface area (Å²) in [6, 6.07) is 11.8. The molecule has 4 heterocycles. The zero-order chi connectivity index (χ0) is 40.2. The quantitative estimate of drug-likeness (QED) is 0.0847. The average molecular weight is 783 g/mol. The number of ketones is 1. The molecule has 4 amide bonds. The molecule has 2 aliphatic rings. The SMILES string of the molecule is C[C@@H](O[Si](C)(C)C(C)(C)C)C(=O)CCCCC[C@@H]1NC(=O)[C@H]2CCCN2C(=O)[C@H](Cc2c[nH]c3ccccc23)NC(=O)[C@H](Cc2c[nH]c3ccccc23)NC1=O. The lowest BCUT2D eigenvalue weighted by atomic mass is 9.99. The highest BCUT2D eigenvalue weighted by Gasteiger charge is 2.42. The van der Waals surface area contributed by atoms with Gasteiger partial charge in [0.05, 0.1) is 0 Å².